The molecular weight excluding hydrogens is 317 g/mol. The van der Waals surface area contributed by atoms with Gasteiger partial charge in [0, 0.05) is 6.20 Å². The van der Waals surface area contributed by atoms with Crippen LogP contribution in [0.5, 0.6) is 0 Å². The summed E-state index contributed by atoms with van der Waals surface area (Å²) in [6.07, 6.45) is -3.55. The predicted molar refractivity (Wildman–Crippen MR) is 76.1 cm³/mol. The molecule has 2 rings (SSSR count). The van der Waals surface area contributed by atoms with Gasteiger partial charge in [0.05, 0.1) is 16.7 Å². The fraction of sp³-hybridized carbons (Fsp3) is 0.312. The monoisotopic (exact) mass is 331 g/mol. The van der Waals surface area contributed by atoms with Crippen LogP contribution >= 0.6 is 0 Å². The van der Waals surface area contributed by atoms with E-state index < -0.39 is 39.9 Å². The van der Waals surface area contributed by atoms with Crippen LogP contribution in [0, 0.1) is 11.6 Å². The van der Waals surface area contributed by atoms with E-state index in [1.54, 1.807) is 20.8 Å². The van der Waals surface area contributed by atoms with Gasteiger partial charge in [-0.15, -0.1) is 0 Å². The molecule has 1 aromatic heterocycles. The van der Waals surface area contributed by atoms with E-state index in [0.717, 1.165) is 0 Å². The first-order chi connectivity index (χ1) is 10.4. The number of rotatable bonds is 1. The molecular formula is C16H14F5NO. The normalized spacial score (nSPS) is 12.5. The van der Waals surface area contributed by atoms with Crippen molar-refractivity contribution in [2.45, 2.75) is 32.4 Å². The SMILES string of the molecule is CC(C)(C)c1cc[nH]c(=O)c1-c1c(F)cc(C(F)(F)F)cc1F. The van der Waals surface area contributed by atoms with E-state index in [1.165, 1.54) is 12.3 Å². The average Bonchev–Trinajstić information content (AvgIpc) is 2.37. The lowest BCUT2D eigenvalue weighted by molar-refractivity contribution is -0.137. The topological polar surface area (TPSA) is 32.9 Å². The number of benzene rings is 1. The molecule has 0 aliphatic carbocycles. The zero-order valence-electron chi connectivity index (χ0n) is 12.6. The highest BCUT2D eigenvalue weighted by Crippen LogP contribution is 2.37. The van der Waals surface area contributed by atoms with Crippen LogP contribution in [0.25, 0.3) is 11.1 Å². The van der Waals surface area contributed by atoms with Gasteiger partial charge >= 0.3 is 6.18 Å². The Labute approximate surface area is 129 Å². The van der Waals surface area contributed by atoms with E-state index in [4.69, 9.17) is 0 Å². The maximum absolute atomic E-state index is 14.2. The maximum Gasteiger partial charge on any atom is 0.416 e. The minimum atomic E-state index is -4.88. The number of aromatic nitrogens is 1. The molecule has 0 radical (unpaired) electrons. The Bertz CT molecular complexity index is 776. The number of H-pyrrole nitrogens is 1. The first-order valence-corrected chi connectivity index (χ1v) is 6.71. The second-order valence-corrected chi connectivity index (χ2v) is 6.16. The Kier molecular flexibility index (Phi) is 4.09. The zero-order chi connectivity index (χ0) is 17.6. The van der Waals surface area contributed by atoms with Gasteiger partial charge in [-0.05, 0) is 29.2 Å². The third-order valence-electron chi connectivity index (χ3n) is 3.39. The fourth-order valence-electron chi connectivity index (χ4n) is 2.33. The van der Waals surface area contributed by atoms with Gasteiger partial charge in [0.15, 0.2) is 0 Å². The number of pyridine rings is 1. The quantitative estimate of drug-likeness (QED) is 0.759. The van der Waals surface area contributed by atoms with Gasteiger partial charge < -0.3 is 4.98 Å². The molecule has 1 heterocycles. The van der Waals surface area contributed by atoms with Gasteiger partial charge in [-0.1, -0.05) is 20.8 Å². The van der Waals surface area contributed by atoms with Crippen molar-refractivity contribution in [2.24, 2.45) is 0 Å². The number of hydrogen-bond donors (Lipinski definition) is 1. The number of aromatic amines is 1. The summed E-state index contributed by atoms with van der Waals surface area (Å²) >= 11 is 0. The number of halogens is 5. The molecule has 124 valence electrons. The van der Waals surface area contributed by atoms with Crippen LogP contribution < -0.4 is 5.56 Å². The lowest BCUT2D eigenvalue weighted by Crippen LogP contribution is -2.21. The Morgan fingerprint density at radius 1 is 0.957 bits per heavy atom. The maximum atomic E-state index is 14.2. The molecule has 0 saturated carbocycles. The molecule has 23 heavy (non-hydrogen) atoms. The molecule has 2 nitrogen and oxygen atoms in total. The zero-order valence-corrected chi connectivity index (χ0v) is 12.6. The molecule has 0 unspecified atom stereocenters. The van der Waals surface area contributed by atoms with Crippen LogP contribution in [0.3, 0.4) is 0 Å². The first-order valence-electron chi connectivity index (χ1n) is 6.71. The number of hydrogen-bond acceptors (Lipinski definition) is 1. The third kappa shape index (κ3) is 3.28. The van der Waals surface area contributed by atoms with Crippen LogP contribution in [0.2, 0.25) is 0 Å². The summed E-state index contributed by atoms with van der Waals surface area (Å²) < 4.78 is 66.3. The van der Waals surface area contributed by atoms with Crippen LogP contribution in [0.15, 0.2) is 29.2 Å². The molecule has 0 aliphatic heterocycles. The van der Waals surface area contributed by atoms with Crippen LogP contribution in [-0.4, -0.2) is 4.98 Å². The minimum absolute atomic E-state index is 0.192. The molecule has 0 bridgehead atoms. The molecule has 0 aliphatic rings. The first kappa shape index (κ1) is 17.2. The molecule has 1 aromatic carbocycles. The molecule has 0 spiro atoms. The molecule has 7 heteroatoms. The highest BCUT2D eigenvalue weighted by Gasteiger charge is 2.34. The Morgan fingerprint density at radius 3 is 1.91 bits per heavy atom. The van der Waals surface area contributed by atoms with Gasteiger partial charge in [0.25, 0.3) is 5.56 Å². The second kappa shape index (κ2) is 5.47. The van der Waals surface area contributed by atoms with Crippen molar-refractivity contribution in [3.63, 3.8) is 0 Å². The van der Waals surface area contributed by atoms with Gasteiger partial charge in [-0.25, -0.2) is 8.78 Å². The van der Waals surface area contributed by atoms with Gasteiger partial charge in [-0.3, -0.25) is 4.79 Å². The molecule has 0 fully saturated rings. The fourth-order valence-corrected chi connectivity index (χ4v) is 2.33. The van der Waals surface area contributed by atoms with Crippen LogP contribution in [0.1, 0.15) is 31.9 Å². The third-order valence-corrected chi connectivity index (χ3v) is 3.39. The summed E-state index contributed by atoms with van der Waals surface area (Å²) in [5.74, 6) is -2.86. The second-order valence-electron chi connectivity index (χ2n) is 6.16. The standard InChI is InChI=1S/C16H14F5NO/c1-15(2,3)9-4-5-22-14(23)12(9)13-10(17)6-8(7-11(13)18)16(19,20)21/h4-7H,1-3H3,(H,22,23). The molecule has 0 atom stereocenters. The molecule has 2 aromatic rings. The van der Waals surface area contributed by atoms with E-state index >= 15 is 0 Å². The van der Waals surface area contributed by atoms with Crippen molar-refractivity contribution in [1.29, 1.82) is 0 Å². The Balaban J connectivity index is 2.82. The summed E-state index contributed by atoms with van der Waals surface area (Å²) in [7, 11) is 0. The van der Waals surface area contributed by atoms with E-state index in [1.807, 2.05) is 0 Å². The summed E-state index contributed by atoms with van der Waals surface area (Å²) in [4.78, 5) is 14.4. The Hall–Kier alpha value is -2.18. The van der Waals surface area contributed by atoms with Crippen molar-refractivity contribution in [3.8, 4) is 11.1 Å². The summed E-state index contributed by atoms with van der Waals surface area (Å²) in [5.41, 5.74) is -3.58. The van der Waals surface area contributed by atoms with E-state index in [2.05, 4.69) is 4.98 Å². The summed E-state index contributed by atoms with van der Waals surface area (Å²) in [5, 5.41) is 0. The summed E-state index contributed by atoms with van der Waals surface area (Å²) in [6.45, 7) is 5.18. The van der Waals surface area contributed by atoms with E-state index in [0.29, 0.717) is 5.56 Å². The highest BCUT2D eigenvalue weighted by molar-refractivity contribution is 5.69. The van der Waals surface area contributed by atoms with Crippen molar-refractivity contribution in [1.82, 2.24) is 4.98 Å². The van der Waals surface area contributed by atoms with E-state index in [9.17, 15) is 26.7 Å². The van der Waals surface area contributed by atoms with Crippen molar-refractivity contribution < 1.29 is 22.0 Å². The van der Waals surface area contributed by atoms with Crippen LogP contribution in [-0.2, 0) is 11.6 Å². The van der Waals surface area contributed by atoms with Gasteiger partial charge in [0.2, 0.25) is 0 Å². The van der Waals surface area contributed by atoms with Crippen molar-refractivity contribution >= 4 is 0 Å². The van der Waals surface area contributed by atoms with Gasteiger partial charge in [0.1, 0.15) is 11.6 Å². The molecule has 0 saturated heterocycles. The highest BCUT2D eigenvalue weighted by atomic mass is 19.4. The van der Waals surface area contributed by atoms with Crippen molar-refractivity contribution in [3.05, 3.63) is 57.5 Å². The number of alkyl halides is 3. The van der Waals surface area contributed by atoms with Crippen molar-refractivity contribution in [2.75, 3.05) is 0 Å². The lowest BCUT2D eigenvalue weighted by Gasteiger charge is -2.22. The molecule has 0 amide bonds. The number of nitrogens with one attached hydrogen (secondary N) is 1. The smallest absolute Gasteiger partial charge is 0.329 e. The lowest BCUT2D eigenvalue weighted by atomic mass is 9.82. The minimum Gasteiger partial charge on any atom is -0.329 e. The predicted octanol–water partition coefficient (Wildman–Crippen LogP) is 4.64. The van der Waals surface area contributed by atoms with Gasteiger partial charge in [-0.2, -0.15) is 13.2 Å². The van der Waals surface area contributed by atoms with Crippen LogP contribution in [0.4, 0.5) is 22.0 Å². The average molecular weight is 331 g/mol. The Morgan fingerprint density at radius 2 is 1.48 bits per heavy atom. The molecule has 1 N–H and O–H groups in total. The van der Waals surface area contributed by atoms with E-state index in [-0.39, 0.29) is 17.7 Å². The summed E-state index contributed by atoms with van der Waals surface area (Å²) in [6, 6.07) is 1.86. The largest absolute Gasteiger partial charge is 0.416 e.